The van der Waals surface area contributed by atoms with E-state index in [-0.39, 0.29) is 0 Å². The van der Waals surface area contributed by atoms with Crippen LogP contribution in [0.3, 0.4) is 0 Å². The zero-order chi connectivity index (χ0) is 6.95. The molecular formula is C5H9NO2Si. The summed E-state index contributed by atoms with van der Waals surface area (Å²) in [6.45, 7) is 0. The van der Waals surface area contributed by atoms with Crippen LogP contribution in [0.4, 0.5) is 0 Å². The highest BCUT2D eigenvalue weighted by atomic mass is 28.2. The van der Waals surface area contributed by atoms with Gasteiger partial charge in [-0.2, -0.15) is 0 Å². The maximum absolute atomic E-state index is 7.26. The lowest BCUT2D eigenvalue weighted by molar-refractivity contribution is 0.448. The summed E-state index contributed by atoms with van der Waals surface area (Å²) in [6, 6.07) is 5.72. The van der Waals surface area contributed by atoms with Gasteiger partial charge in [0.2, 0.25) is 0 Å². The molecule has 0 atom stereocenters. The van der Waals surface area contributed by atoms with Crippen LogP contribution in [0.15, 0.2) is 30.6 Å². The smallest absolute Gasteiger partial charge is 0.299 e. The molecule has 1 aromatic heterocycles. The van der Waals surface area contributed by atoms with Gasteiger partial charge in [0.1, 0.15) is 0 Å². The van der Waals surface area contributed by atoms with Crippen LogP contribution >= 0.6 is 0 Å². The molecule has 0 aromatic carbocycles. The molecule has 1 rings (SSSR count). The second-order valence-corrected chi connectivity index (χ2v) is 1.45. The van der Waals surface area contributed by atoms with Crippen molar-refractivity contribution >= 4 is 10.0 Å². The molecule has 4 heteroatoms. The van der Waals surface area contributed by atoms with Gasteiger partial charge >= 0.3 is 0 Å². The minimum Gasteiger partial charge on any atom is -0.415 e. The number of rotatable bonds is 0. The van der Waals surface area contributed by atoms with E-state index in [1.54, 1.807) is 12.4 Å². The average Bonchev–Trinajstić information content (AvgIpc) is 1.93. The largest absolute Gasteiger partial charge is 0.415 e. The molecule has 0 saturated carbocycles. The van der Waals surface area contributed by atoms with Gasteiger partial charge in [0.25, 0.3) is 10.0 Å². The van der Waals surface area contributed by atoms with Gasteiger partial charge in [0.05, 0.1) is 0 Å². The number of aromatic nitrogens is 1. The molecule has 0 radical (unpaired) electrons. The van der Waals surface area contributed by atoms with Crippen LogP contribution in [-0.2, 0) is 0 Å². The molecule has 1 heterocycles. The van der Waals surface area contributed by atoms with E-state index in [2.05, 4.69) is 4.98 Å². The minimum absolute atomic E-state index is 1.58. The van der Waals surface area contributed by atoms with Crippen molar-refractivity contribution in [1.29, 1.82) is 0 Å². The summed E-state index contributed by atoms with van der Waals surface area (Å²) in [5.41, 5.74) is 0. The molecule has 0 aliphatic rings. The Balaban J connectivity index is 0.000000187. The summed E-state index contributed by atoms with van der Waals surface area (Å²) in [6.07, 6.45) is 3.50. The second-order valence-electron chi connectivity index (χ2n) is 1.17. The van der Waals surface area contributed by atoms with E-state index in [1.807, 2.05) is 18.2 Å². The van der Waals surface area contributed by atoms with E-state index >= 15 is 0 Å². The molecular weight excluding hydrogens is 134 g/mol. The second kappa shape index (κ2) is 7.29. The minimum atomic E-state index is -1.58. The first kappa shape index (κ1) is 8.29. The number of nitrogens with zero attached hydrogens (tertiary/aromatic N) is 1. The van der Waals surface area contributed by atoms with E-state index in [9.17, 15) is 0 Å². The van der Waals surface area contributed by atoms with E-state index in [0.29, 0.717) is 0 Å². The molecule has 1 aromatic rings. The zero-order valence-electron chi connectivity index (χ0n) is 4.94. The fraction of sp³-hybridized carbons (Fsp3) is 0. The van der Waals surface area contributed by atoms with Crippen molar-refractivity contribution < 1.29 is 9.59 Å². The van der Waals surface area contributed by atoms with Crippen LogP contribution in [0.25, 0.3) is 0 Å². The molecule has 2 N–H and O–H groups in total. The number of hydrogen-bond acceptors (Lipinski definition) is 3. The van der Waals surface area contributed by atoms with Gasteiger partial charge in [-0.05, 0) is 12.1 Å². The summed E-state index contributed by atoms with van der Waals surface area (Å²) < 4.78 is 0. The quantitative estimate of drug-likeness (QED) is 0.460. The molecule has 0 aliphatic heterocycles. The van der Waals surface area contributed by atoms with E-state index in [4.69, 9.17) is 9.59 Å². The summed E-state index contributed by atoms with van der Waals surface area (Å²) in [5, 5.41) is 0. The van der Waals surface area contributed by atoms with Crippen molar-refractivity contribution in [2.45, 2.75) is 0 Å². The topological polar surface area (TPSA) is 53.4 Å². The molecule has 0 bridgehead atoms. The molecule has 0 aliphatic carbocycles. The summed E-state index contributed by atoms with van der Waals surface area (Å²) in [7, 11) is -1.58. The van der Waals surface area contributed by atoms with Crippen LogP contribution in [0.2, 0.25) is 0 Å². The van der Waals surface area contributed by atoms with E-state index < -0.39 is 10.0 Å². The van der Waals surface area contributed by atoms with Crippen LogP contribution < -0.4 is 0 Å². The van der Waals surface area contributed by atoms with Crippen molar-refractivity contribution in [3.63, 3.8) is 0 Å². The Morgan fingerprint density at radius 2 is 1.44 bits per heavy atom. The van der Waals surface area contributed by atoms with Crippen LogP contribution in [0.5, 0.6) is 0 Å². The standard InChI is InChI=1S/C5H5N.H4O2Si/c1-2-4-6-5-3-1;1-3-2/h1-5H;1-2H,3H2. The van der Waals surface area contributed by atoms with Crippen LogP contribution in [0, 0.1) is 0 Å². The monoisotopic (exact) mass is 143 g/mol. The molecule has 0 fully saturated rings. The lowest BCUT2D eigenvalue weighted by Gasteiger charge is -1.70. The molecule has 9 heavy (non-hydrogen) atoms. The Bertz CT molecular complexity index is 97.8. The van der Waals surface area contributed by atoms with Crippen LogP contribution in [0.1, 0.15) is 0 Å². The number of hydrogen-bond donors (Lipinski definition) is 2. The Hall–Kier alpha value is -0.713. The van der Waals surface area contributed by atoms with Gasteiger partial charge in [0.15, 0.2) is 0 Å². The maximum atomic E-state index is 7.26. The number of pyridine rings is 1. The highest BCUT2D eigenvalue weighted by Crippen LogP contribution is 1.73. The predicted molar refractivity (Wildman–Crippen MR) is 37.2 cm³/mol. The summed E-state index contributed by atoms with van der Waals surface area (Å²) >= 11 is 0. The molecule has 0 unspecified atom stereocenters. The Morgan fingerprint density at radius 1 is 1.00 bits per heavy atom. The lowest BCUT2D eigenvalue weighted by Crippen LogP contribution is -1.75. The SMILES string of the molecule is O[SiH2]O.c1ccncc1. The van der Waals surface area contributed by atoms with Gasteiger partial charge in [-0.3, -0.25) is 4.98 Å². The van der Waals surface area contributed by atoms with Crippen LogP contribution in [-0.4, -0.2) is 24.6 Å². The highest BCUT2D eigenvalue weighted by molar-refractivity contribution is 6.13. The Morgan fingerprint density at radius 3 is 1.56 bits per heavy atom. The third-order valence-corrected chi connectivity index (χ3v) is 0.566. The third kappa shape index (κ3) is 7.29. The maximum Gasteiger partial charge on any atom is 0.299 e. The molecule has 50 valence electrons. The first-order valence-electron chi connectivity index (χ1n) is 2.48. The fourth-order valence-electron chi connectivity index (χ4n) is 0.313. The van der Waals surface area contributed by atoms with E-state index in [1.165, 1.54) is 0 Å². The van der Waals surface area contributed by atoms with Crippen molar-refractivity contribution in [2.75, 3.05) is 0 Å². The fourth-order valence-corrected chi connectivity index (χ4v) is 0.313. The van der Waals surface area contributed by atoms with E-state index in [0.717, 1.165) is 0 Å². The Labute approximate surface area is 56.1 Å². The Kier molecular flexibility index (Phi) is 6.71. The van der Waals surface area contributed by atoms with Crippen molar-refractivity contribution in [1.82, 2.24) is 4.98 Å². The van der Waals surface area contributed by atoms with Crippen molar-refractivity contribution in [3.8, 4) is 0 Å². The van der Waals surface area contributed by atoms with Crippen molar-refractivity contribution in [3.05, 3.63) is 30.6 Å². The highest BCUT2D eigenvalue weighted by Gasteiger charge is 1.58. The molecule has 0 amide bonds. The lowest BCUT2D eigenvalue weighted by atomic mass is 10.5. The average molecular weight is 143 g/mol. The first-order chi connectivity index (χ1) is 4.41. The summed E-state index contributed by atoms with van der Waals surface area (Å²) in [5.74, 6) is 0. The third-order valence-electron chi connectivity index (χ3n) is 0.566. The van der Waals surface area contributed by atoms with Gasteiger partial charge in [-0.25, -0.2) is 0 Å². The van der Waals surface area contributed by atoms with Gasteiger partial charge in [-0.1, -0.05) is 6.07 Å². The van der Waals surface area contributed by atoms with Gasteiger partial charge in [0, 0.05) is 12.4 Å². The normalized spacial score (nSPS) is 7.33. The predicted octanol–water partition coefficient (Wildman–Crippen LogP) is -0.949. The molecule has 0 spiro atoms. The first-order valence-corrected chi connectivity index (χ1v) is 3.75. The van der Waals surface area contributed by atoms with Crippen molar-refractivity contribution in [2.24, 2.45) is 0 Å². The van der Waals surface area contributed by atoms with Gasteiger partial charge in [-0.15, -0.1) is 0 Å². The molecule has 3 nitrogen and oxygen atoms in total. The zero-order valence-corrected chi connectivity index (χ0v) is 6.35. The van der Waals surface area contributed by atoms with Gasteiger partial charge < -0.3 is 9.59 Å². The summed E-state index contributed by atoms with van der Waals surface area (Å²) in [4.78, 5) is 18.3. The molecule has 0 saturated heterocycles.